The lowest BCUT2D eigenvalue weighted by Crippen LogP contribution is -2.20. The molecule has 0 aliphatic heterocycles. The smallest absolute Gasteiger partial charge is 0.297 e. The highest BCUT2D eigenvalue weighted by molar-refractivity contribution is 5.25. The van der Waals surface area contributed by atoms with Gasteiger partial charge in [-0.25, -0.2) is 0 Å². The van der Waals surface area contributed by atoms with E-state index in [2.05, 4.69) is 9.88 Å². The van der Waals surface area contributed by atoms with Crippen LogP contribution in [0.3, 0.4) is 0 Å². The Morgan fingerprint density at radius 2 is 2.46 bits per heavy atom. The summed E-state index contributed by atoms with van der Waals surface area (Å²) in [5.74, 6) is 0.846. The summed E-state index contributed by atoms with van der Waals surface area (Å²) in [6.45, 7) is 1.49. The van der Waals surface area contributed by atoms with E-state index in [0.29, 0.717) is 12.6 Å². The Balaban J connectivity index is 1.96. The first-order valence-corrected chi connectivity index (χ1v) is 4.65. The summed E-state index contributed by atoms with van der Waals surface area (Å²) in [5.41, 5.74) is 6.25. The van der Waals surface area contributed by atoms with Crippen LogP contribution in [0.15, 0.2) is 10.7 Å². The van der Waals surface area contributed by atoms with Gasteiger partial charge in [0.2, 0.25) is 0 Å². The maximum Gasteiger partial charge on any atom is 0.297 e. The molecule has 0 spiro atoms. The topological polar surface area (TPSA) is 55.3 Å². The molecule has 72 valence electrons. The Hall–Kier alpha value is -1.03. The zero-order valence-electron chi connectivity index (χ0n) is 7.86. The minimum atomic E-state index is 0.445. The van der Waals surface area contributed by atoms with E-state index in [0.717, 1.165) is 18.2 Å². The molecule has 1 heterocycles. The minimum absolute atomic E-state index is 0.445. The molecule has 0 bridgehead atoms. The highest BCUT2D eigenvalue weighted by Crippen LogP contribution is 2.30. The lowest BCUT2D eigenvalue weighted by molar-refractivity contribution is 0.539. The average molecular weight is 181 g/mol. The predicted octanol–water partition coefficient (Wildman–Crippen LogP) is 0.979. The van der Waals surface area contributed by atoms with Crippen molar-refractivity contribution in [1.82, 2.24) is 4.98 Å². The zero-order valence-corrected chi connectivity index (χ0v) is 7.86. The second kappa shape index (κ2) is 3.38. The fourth-order valence-electron chi connectivity index (χ4n) is 1.33. The molecule has 1 aromatic heterocycles. The van der Waals surface area contributed by atoms with Crippen molar-refractivity contribution in [3.8, 4) is 0 Å². The first kappa shape index (κ1) is 8.56. The molecule has 0 amide bonds. The number of hydrogen-bond donors (Lipinski definition) is 1. The molecule has 1 aliphatic carbocycles. The van der Waals surface area contributed by atoms with E-state index < -0.39 is 0 Å². The van der Waals surface area contributed by atoms with Crippen molar-refractivity contribution < 1.29 is 4.42 Å². The van der Waals surface area contributed by atoms with Gasteiger partial charge in [-0.2, -0.15) is 4.98 Å². The maximum absolute atomic E-state index is 5.44. The molecular weight excluding hydrogens is 166 g/mol. The SMILES string of the molecule is CN(CC1CC1)c1nc(CN)co1. The highest BCUT2D eigenvalue weighted by Gasteiger charge is 2.24. The fourth-order valence-corrected chi connectivity index (χ4v) is 1.33. The van der Waals surface area contributed by atoms with Gasteiger partial charge in [0.1, 0.15) is 6.26 Å². The zero-order chi connectivity index (χ0) is 9.26. The second-order valence-electron chi connectivity index (χ2n) is 3.65. The molecule has 0 unspecified atom stereocenters. The van der Waals surface area contributed by atoms with Gasteiger partial charge in [-0.3, -0.25) is 0 Å². The van der Waals surface area contributed by atoms with Gasteiger partial charge in [0, 0.05) is 20.1 Å². The van der Waals surface area contributed by atoms with E-state index >= 15 is 0 Å². The third kappa shape index (κ3) is 2.01. The standard InChI is InChI=1S/C9H15N3O/c1-12(5-7-2-3-7)9-11-8(4-10)6-13-9/h6-7H,2-5,10H2,1H3. The number of aromatic nitrogens is 1. The van der Waals surface area contributed by atoms with Gasteiger partial charge in [0.05, 0.1) is 5.69 Å². The number of anilines is 1. The summed E-state index contributed by atoms with van der Waals surface area (Å²) in [6.07, 6.45) is 4.31. The van der Waals surface area contributed by atoms with Gasteiger partial charge in [-0.1, -0.05) is 0 Å². The van der Waals surface area contributed by atoms with Gasteiger partial charge in [0.25, 0.3) is 6.01 Å². The highest BCUT2D eigenvalue weighted by atomic mass is 16.4. The van der Waals surface area contributed by atoms with Crippen LogP contribution >= 0.6 is 0 Å². The molecule has 0 atom stereocenters. The first-order valence-electron chi connectivity index (χ1n) is 4.65. The Morgan fingerprint density at radius 3 is 3.00 bits per heavy atom. The summed E-state index contributed by atoms with van der Waals surface area (Å²) in [4.78, 5) is 6.30. The molecule has 13 heavy (non-hydrogen) atoms. The fraction of sp³-hybridized carbons (Fsp3) is 0.667. The van der Waals surface area contributed by atoms with Crippen LogP contribution in [0.25, 0.3) is 0 Å². The summed E-state index contributed by atoms with van der Waals surface area (Å²) < 4.78 is 5.28. The van der Waals surface area contributed by atoms with Crippen molar-refractivity contribution in [2.75, 3.05) is 18.5 Å². The van der Waals surface area contributed by atoms with E-state index in [1.807, 2.05) is 7.05 Å². The number of nitrogens with two attached hydrogens (primary N) is 1. The predicted molar refractivity (Wildman–Crippen MR) is 50.4 cm³/mol. The van der Waals surface area contributed by atoms with Crippen LogP contribution in [0, 0.1) is 5.92 Å². The van der Waals surface area contributed by atoms with Gasteiger partial charge in [0.15, 0.2) is 0 Å². The van der Waals surface area contributed by atoms with Gasteiger partial charge >= 0.3 is 0 Å². The van der Waals surface area contributed by atoms with Crippen molar-refractivity contribution in [3.63, 3.8) is 0 Å². The van der Waals surface area contributed by atoms with Gasteiger partial charge in [-0.15, -0.1) is 0 Å². The van der Waals surface area contributed by atoms with Crippen molar-refractivity contribution in [3.05, 3.63) is 12.0 Å². The lowest BCUT2D eigenvalue weighted by atomic mass is 10.4. The molecule has 2 rings (SSSR count). The minimum Gasteiger partial charge on any atom is -0.432 e. The van der Waals surface area contributed by atoms with Gasteiger partial charge in [-0.05, 0) is 18.8 Å². The molecule has 4 nitrogen and oxygen atoms in total. The number of rotatable bonds is 4. The largest absolute Gasteiger partial charge is 0.432 e. The molecule has 1 aliphatic rings. The molecule has 1 fully saturated rings. The normalized spacial score (nSPS) is 16.2. The second-order valence-corrected chi connectivity index (χ2v) is 3.65. The van der Waals surface area contributed by atoms with Crippen LogP contribution < -0.4 is 10.6 Å². The first-order chi connectivity index (χ1) is 6.29. The Morgan fingerprint density at radius 1 is 1.69 bits per heavy atom. The monoisotopic (exact) mass is 181 g/mol. The van der Waals surface area contributed by atoms with E-state index in [-0.39, 0.29) is 0 Å². The molecule has 1 aromatic rings. The van der Waals surface area contributed by atoms with Crippen LogP contribution in [0.2, 0.25) is 0 Å². The molecule has 1 saturated carbocycles. The Kier molecular flexibility index (Phi) is 2.22. The summed E-state index contributed by atoms with van der Waals surface area (Å²) >= 11 is 0. The van der Waals surface area contributed by atoms with Crippen LogP contribution in [-0.4, -0.2) is 18.6 Å². The summed E-state index contributed by atoms with van der Waals surface area (Å²) in [6, 6.07) is 0.687. The molecule has 0 saturated heterocycles. The van der Waals surface area contributed by atoms with Crippen molar-refractivity contribution in [1.29, 1.82) is 0 Å². The van der Waals surface area contributed by atoms with E-state index in [9.17, 15) is 0 Å². The Bertz CT molecular complexity index is 280. The van der Waals surface area contributed by atoms with Crippen molar-refractivity contribution in [2.24, 2.45) is 11.7 Å². The van der Waals surface area contributed by atoms with E-state index in [1.165, 1.54) is 12.8 Å². The van der Waals surface area contributed by atoms with Gasteiger partial charge < -0.3 is 15.1 Å². The van der Waals surface area contributed by atoms with Crippen LogP contribution in [-0.2, 0) is 6.54 Å². The molecular formula is C9H15N3O. The van der Waals surface area contributed by atoms with E-state index in [1.54, 1.807) is 6.26 Å². The number of oxazole rings is 1. The van der Waals surface area contributed by atoms with Crippen molar-refractivity contribution >= 4 is 6.01 Å². The summed E-state index contributed by atoms with van der Waals surface area (Å²) in [5, 5.41) is 0. The van der Waals surface area contributed by atoms with Crippen LogP contribution in [0.5, 0.6) is 0 Å². The quantitative estimate of drug-likeness (QED) is 0.752. The third-order valence-corrected chi connectivity index (χ3v) is 2.30. The molecule has 2 N–H and O–H groups in total. The summed E-state index contributed by atoms with van der Waals surface area (Å²) in [7, 11) is 2.00. The van der Waals surface area contributed by atoms with Crippen molar-refractivity contribution in [2.45, 2.75) is 19.4 Å². The molecule has 0 radical (unpaired) electrons. The van der Waals surface area contributed by atoms with Crippen LogP contribution in [0.4, 0.5) is 6.01 Å². The molecule has 4 heteroatoms. The third-order valence-electron chi connectivity index (χ3n) is 2.30. The number of hydrogen-bond acceptors (Lipinski definition) is 4. The average Bonchev–Trinajstić information content (AvgIpc) is 2.82. The number of nitrogens with zero attached hydrogens (tertiary/aromatic N) is 2. The van der Waals surface area contributed by atoms with E-state index in [4.69, 9.17) is 10.2 Å². The maximum atomic E-state index is 5.44. The van der Waals surface area contributed by atoms with Crippen LogP contribution in [0.1, 0.15) is 18.5 Å². The Labute approximate surface area is 77.7 Å². The molecule has 0 aromatic carbocycles. The lowest BCUT2D eigenvalue weighted by Gasteiger charge is -2.12.